The number of rotatable bonds is 4. The van der Waals surface area contributed by atoms with Crippen LogP contribution in [-0.2, 0) is 11.3 Å². The highest BCUT2D eigenvalue weighted by atomic mass is 35.5. The third kappa shape index (κ3) is 3.65. The molecule has 0 aromatic carbocycles. The molecule has 1 amide bonds. The van der Waals surface area contributed by atoms with Gasteiger partial charge in [-0.25, -0.2) is 0 Å². The summed E-state index contributed by atoms with van der Waals surface area (Å²) in [6.45, 7) is 1.06. The van der Waals surface area contributed by atoms with E-state index in [-0.39, 0.29) is 5.91 Å². The number of hydrogen-bond donors (Lipinski definition) is 1. The Hall–Kier alpha value is -0.580. The number of hydrogen-bond acceptors (Lipinski definition) is 3. The highest BCUT2D eigenvalue weighted by molar-refractivity contribution is 7.16. The fourth-order valence-corrected chi connectivity index (χ4v) is 1.95. The first kappa shape index (κ1) is 11.5. The molecule has 0 bridgehead atoms. The van der Waals surface area contributed by atoms with Crippen molar-refractivity contribution >= 4 is 28.8 Å². The molecule has 1 rings (SSSR count). The van der Waals surface area contributed by atoms with Crippen molar-refractivity contribution in [2.45, 2.75) is 6.54 Å². The predicted molar refractivity (Wildman–Crippen MR) is 59.7 cm³/mol. The SMILES string of the molecule is CN(C)C(=O)CNCc1ccc(Cl)s1. The molecule has 0 spiro atoms. The molecule has 14 heavy (non-hydrogen) atoms. The lowest BCUT2D eigenvalue weighted by Crippen LogP contribution is -2.32. The smallest absolute Gasteiger partial charge is 0.236 e. The summed E-state index contributed by atoms with van der Waals surface area (Å²) in [5, 5.41) is 3.06. The average molecular weight is 233 g/mol. The van der Waals surface area contributed by atoms with Crippen LogP contribution in [0.15, 0.2) is 12.1 Å². The number of carbonyl (C=O) groups is 1. The summed E-state index contributed by atoms with van der Waals surface area (Å²) < 4.78 is 0.778. The van der Waals surface area contributed by atoms with Crippen LogP contribution in [-0.4, -0.2) is 31.4 Å². The van der Waals surface area contributed by atoms with E-state index < -0.39 is 0 Å². The first-order chi connectivity index (χ1) is 6.59. The van der Waals surface area contributed by atoms with Crippen molar-refractivity contribution in [3.63, 3.8) is 0 Å². The summed E-state index contributed by atoms with van der Waals surface area (Å²) in [5.41, 5.74) is 0. The lowest BCUT2D eigenvalue weighted by molar-refractivity contribution is -0.127. The maximum absolute atomic E-state index is 11.2. The van der Waals surface area contributed by atoms with Gasteiger partial charge in [0, 0.05) is 25.5 Å². The molecule has 0 saturated carbocycles. The van der Waals surface area contributed by atoms with Gasteiger partial charge in [0.1, 0.15) is 0 Å². The number of likely N-dealkylation sites (N-methyl/N-ethyl adjacent to an activating group) is 1. The fourth-order valence-electron chi connectivity index (χ4n) is 0.897. The Morgan fingerprint density at radius 3 is 2.79 bits per heavy atom. The third-order valence-corrected chi connectivity index (χ3v) is 2.93. The van der Waals surface area contributed by atoms with Crippen molar-refractivity contribution in [1.82, 2.24) is 10.2 Å². The zero-order chi connectivity index (χ0) is 10.6. The van der Waals surface area contributed by atoms with Crippen molar-refractivity contribution in [3.8, 4) is 0 Å². The van der Waals surface area contributed by atoms with Crippen LogP contribution >= 0.6 is 22.9 Å². The number of nitrogens with zero attached hydrogens (tertiary/aromatic N) is 1. The molecule has 0 aliphatic heterocycles. The van der Waals surface area contributed by atoms with E-state index in [2.05, 4.69) is 5.32 Å². The summed E-state index contributed by atoms with van der Waals surface area (Å²) in [6.07, 6.45) is 0. The standard InChI is InChI=1S/C9H13ClN2OS/c1-12(2)9(13)6-11-5-7-3-4-8(10)14-7/h3-4,11H,5-6H2,1-2H3. The van der Waals surface area contributed by atoms with Gasteiger partial charge in [-0.15, -0.1) is 11.3 Å². The maximum Gasteiger partial charge on any atom is 0.236 e. The van der Waals surface area contributed by atoms with Crippen molar-refractivity contribution in [2.24, 2.45) is 0 Å². The molecule has 0 aliphatic rings. The Labute approximate surface area is 92.7 Å². The molecule has 78 valence electrons. The van der Waals surface area contributed by atoms with Gasteiger partial charge in [0.05, 0.1) is 10.9 Å². The lowest BCUT2D eigenvalue weighted by atomic mass is 10.4. The van der Waals surface area contributed by atoms with Crippen LogP contribution in [0.5, 0.6) is 0 Å². The first-order valence-electron chi connectivity index (χ1n) is 4.24. The van der Waals surface area contributed by atoms with Crippen molar-refractivity contribution in [3.05, 3.63) is 21.3 Å². The Bertz CT molecular complexity index is 312. The van der Waals surface area contributed by atoms with Crippen LogP contribution < -0.4 is 5.32 Å². The molecule has 0 fully saturated rings. The van der Waals surface area contributed by atoms with Gasteiger partial charge >= 0.3 is 0 Å². The molecule has 1 heterocycles. The lowest BCUT2D eigenvalue weighted by Gasteiger charge is -2.10. The molecule has 0 saturated heterocycles. The van der Waals surface area contributed by atoms with Gasteiger partial charge in [-0.3, -0.25) is 4.79 Å². The molecule has 1 N–H and O–H groups in total. The normalized spacial score (nSPS) is 10.2. The van der Waals surface area contributed by atoms with E-state index in [1.807, 2.05) is 12.1 Å². The second-order valence-corrected chi connectivity index (χ2v) is 4.90. The van der Waals surface area contributed by atoms with Crippen LogP contribution in [0, 0.1) is 0 Å². The minimum atomic E-state index is 0.0765. The number of amides is 1. The quantitative estimate of drug-likeness (QED) is 0.855. The highest BCUT2D eigenvalue weighted by Gasteiger charge is 2.03. The summed E-state index contributed by atoms with van der Waals surface area (Å²) in [5.74, 6) is 0.0765. The summed E-state index contributed by atoms with van der Waals surface area (Å²) in [7, 11) is 3.48. The van der Waals surface area contributed by atoms with Gasteiger partial charge in [-0.1, -0.05) is 11.6 Å². The second-order valence-electron chi connectivity index (χ2n) is 3.10. The molecule has 0 radical (unpaired) electrons. The number of nitrogens with one attached hydrogen (secondary N) is 1. The topological polar surface area (TPSA) is 32.3 Å². The van der Waals surface area contributed by atoms with Gasteiger partial charge in [-0.05, 0) is 12.1 Å². The predicted octanol–water partition coefficient (Wildman–Crippen LogP) is 1.58. The minimum Gasteiger partial charge on any atom is -0.348 e. The Balaban J connectivity index is 2.25. The largest absolute Gasteiger partial charge is 0.348 e. The van der Waals surface area contributed by atoms with Crippen LogP contribution in [0.4, 0.5) is 0 Å². The minimum absolute atomic E-state index is 0.0765. The zero-order valence-electron chi connectivity index (χ0n) is 8.21. The highest BCUT2D eigenvalue weighted by Crippen LogP contribution is 2.20. The van der Waals surface area contributed by atoms with Crippen molar-refractivity contribution in [2.75, 3.05) is 20.6 Å². The Morgan fingerprint density at radius 2 is 2.29 bits per heavy atom. The van der Waals surface area contributed by atoms with E-state index in [4.69, 9.17) is 11.6 Å². The van der Waals surface area contributed by atoms with E-state index in [1.165, 1.54) is 11.3 Å². The van der Waals surface area contributed by atoms with Gasteiger partial charge < -0.3 is 10.2 Å². The third-order valence-electron chi connectivity index (χ3n) is 1.70. The van der Waals surface area contributed by atoms with E-state index in [1.54, 1.807) is 19.0 Å². The van der Waals surface area contributed by atoms with Crippen molar-refractivity contribution in [1.29, 1.82) is 0 Å². The van der Waals surface area contributed by atoms with Gasteiger partial charge in [0.25, 0.3) is 0 Å². The molecule has 0 aliphatic carbocycles. The summed E-state index contributed by atoms with van der Waals surface area (Å²) in [6, 6.07) is 3.82. The van der Waals surface area contributed by atoms with Crippen LogP contribution in [0.25, 0.3) is 0 Å². The molecular formula is C9H13ClN2OS. The molecule has 0 unspecified atom stereocenters. The molecular weight excluding hydrogens is 220 g/mol. The van der Waals surface area contributed by atoms with Crippen LogP contribution in [0.3, 0.4) is 0 Å². The maximum atomic E-state index is 11.2. The van der Waals surface area contributed by atoms with Gasteiger partial charge in [-0.2, -0.15) is 0 Å². The van der Waals surface area contributed by atoms with Gasteiger partial charge in [0.2, 0.25) is 5.91 Å². The Kier molecular flexibility index (Phi) is 4.38. The summed E-state index contributed by atoms with van der Waals surface area (Å²) >= 11 is 7.29. The van der Waals surface area contributed by atoms with Gasteiger partial charge in [0.15, 0.2) is 0 Å². The second kappa shape index (κ2) is 5.34. The van der Waals surface area contributed by atoms with Crippen molar-refractivity contribution < 1.29 is 4.79 Å². The number of thiophene rings is 1. The molecule has 1 aromatic rings. The number of carbonyl (C=O) groups excluding carboxylic acids is 1. The zero-order valence-corrected chi connectivity index (χ0v) is 9.78. The van der Waals surface area contributed by atoms with E-state index >= 15 is 0 Å². The van der Waals surface area contributed by atoms with E-state index in [0.717, 1.165) is 9.21 Å². The van der Waals surface area contributed by atoms with Crippen LogP contribution in [0.2, 0.25) is 4.34 Å². The van der Waals surface area contributed by atoms with E-state index in [0.29, 0.717) is 13.1 Å². The van der Waals surface area contributed by atoms with E-state index in [9.17, 15) is 4.79 Å². The molecule has 3 nitrogen and oxygen atoms in total. The average Bonchev–Trinajstić information content (AvgIpc) is 2.51. The summed E-state index contributed by atoms with van der Waals surface area (Å²) in [4.78, 5) is 13.9. The monoisotopic (exact) mass is 232 g/mol. The molecule has 1 aromatic heterocycles. The Morgan fingerprint density at radius 1 is 1.57 bits per heavy atom. The van der Waals surface area contributed by atoms with Crippen LogP contribution in [0.1, 0.15) is 4.88 Å². The fraction of sp³-hybridized carbons (Fsp3) is 0.444. The molecule has 5 heteroatoms. The number of halogens is 1. The molecule has 0 atom stereocenters. The first-order valence-corrected chi connectivity index (χ1v) is 5.44.